The molecule has 0 spiro atoms. The lowest BCUT2D eigenvalue weighted by molar-refractivity contribution is -0.148. The lowest BCUT2D eigenvalue weighted by atomic mass is 10.0. The first-order valence-corrected chi connectivity index (χ1v) is 8.76. The quantitative estimate of drug-likeness (QED) is 0.697. The van der Waals surface area contributed by atoms with Gasteiger partial charge in [0, 0.05) is 0 Å². The minimum Gasteiger partial charge on any atom is -0.493 e. The molecule has 1 atom stereocenters. The van der Waals surface area contributed by atoms with Crippen molar-refractivity contribution in [2.75, 3.05) is 6.61 Å². The molecule has 26 heavy (non-hydrogen) atoms. The van der Waals surface area contributed by atoms with Gasteiger partial charge in [-0.05, 0) is 31.5 Å². The molecule has 0 aliphatic carbocycles. The van der Waals surface area contributed by atoms with Crippen LogP contribution in [0.25, 0.3) is 0 Å². The number of amides is 1. The van der Waals surface area contributed by atoms with Crippen LogP contribution in [0.4, 0.5) is 0 Å². The Bertz CT molecular complexity index is 686. The molecule has 5 heteroatoms. The van der Waals surface area contributed by atoms with E-state index >= 15 is 0 Å². The maximum atomic E-state index is 12.3. The Labute approximate surface area is 154 Å². The van der Waals surface area contributed by atoms with E-state index in [1.807, 2.05) is 60.7 Å². The third-order valence-electron chi connectivity index (χ3n) is 3.62. The minimum atomic E-state index is -0.424. The van der Waals surface area contributed by atoms with Gasteiger partial charge < -0.3 is 14.8 Å². The standard InChI is InChI=1S/C21H25NO4/c1-16(2)26-21(24)15-19(17-9-5-3-6-10-17)22-20(23)13-14-25-18-11-7-4-8-12-18/h3-12,16,19H,13-15H2,1-2H3,(H,22,23). The molecule has 0 saturated carbocycles. The first-order valence-electron chi connectivity index (χ1n) is 8.76. The molecule has 0 aromatic heterocycles. The summed E-state index contributed by atoms with van der Waals surface area (Å²) in [5.41, 5.74) is 0.866. The molecule has 0 radical (unpaired) electrons. The summed E-state index contributed by atoms with van der Waals surface area (Å²) in [6.45, 7) is 3.87. The number of esters is 1. The predicted molar refractivity (Wildman–Crippen MR) is 99.7 cm³/mol. The number of hydrogen-bond acceptors (Lipinski definition) is 4. The first kappa shape index (κ1) is 19.5. The molecular weight excluding hydrogens is 330 g/mol. The number of carbonyl (C=O) groups excluding carboxylic acids is 2. The van der Waals surface area contributed by atoms with Gasteiger partial charge in [-0.25, -0.2) is 0 Å². The summed E-state index contributed by atoms with van der Waals surface area (Å²) in [5.74, 6) is 0.210. The Morgan fingerprint density at radius 3 is 2.19 bits per heavy atom. The van der Waals surface area contributed by atoms with Gasteiger partial charge in [0.2, 0.25) is 5.91 Å². The first-order chi connectivity index (χ1) is 12.5. The normalized spacial score (nSPS) is 11.7. The molecule has 1 amide bonds. The number of rotatable bonds is 9. The number of nitrogens with one attached hydrogen (secondary N) is 1. The summed E-state index contributed by atoms with van der Waals surface area (Å²) >= 11 is 0. The van der Waals surface area contributed by atoms with Crippen molar-refractivity contribution in [2.45, 2.75) is 38.8 Å². The molecule has 0 aliphatic heterocycles. The molecule has 2 rings (SSSR count). The van der Waals surface area contributed by atoms with Gasteiger partial charge >= 0.3 is 5.97 Å². The van der Waals surface area contributed by atoms with Crippen molar-refractivity contribution in [1.29, 1.82) is 0 Å². The van der Waals surface area contributed by atoms with Crippen molar-refractivity contribution < 1.29 is 19.1 Å². The zero-order valence-corrected chi connectivity index (χ0v) is 15.2. The molecule has 2 aromatic rings. The predicted octanol–water partition coefficient (Wildman–Crippen LogP) is 3.65. The van der Waals surface area contributed by atoms with E-state index in [1.165, 1.54) is 0 Å². The maximum Gasteiger partial charge on any atom is 0.308 e. The maximum absolute atomic E-state index is 12.3. The van der Waals surface area contributed by atoms with E-state index in [2.05, 4.69) is 5.32 Å². The van der Waals surface area contributed by atoms with Crippen molar-refractivity contribution in [2.24, 2.45) is 0 Å². The van der Waals surface area contributed by atoms with Crippen molar-refractivity contribution in [1.82, 2.24) is 5.32 Å². The molecule has 0 fully saturated rings. The summed E-state index contributed by atoms with van der Waals surface area (Å²) in [6.07, 6.45) is 0.110. The van der Waals surface area contributed by atoms with E-state index < -0.39 is 6.04 Å². The second-order valence-electron chi connectivity index (χ2n) is 6.19. The molecule has 2 aromatic carbocycles. The van der Waals surface area contributed by atoms with Gasteiger partial charge in [0.15, 0.2) is 0 Å². The highest BCUT2D eigenvalue weighted by atomic mass is 16.5. The Balaban J connectivity index is 1.90. The fourth-order valence-corrected chi connectivity index (χ4v) is 2.46. The highest BCUT2D eigenvalue weighted by Crippen LogP contribution is 2.18. The molecular formula is C21H25NO4. The van der Waals surface area contributed by atoms with Gasteiger partial charge in [0.05, 0.1) is 31.6 Å². The average Bonchev–Trinajstić information content (AvgIpc) is 2.62. The van der Waals surface area contributed by atoms with Crippen LogP contribution in [0, 0.1) is 0 Å². The van der Waals surface area contributed by atoms with E-state index in [0.717, 1.165) is 11.3 Å². The lowest BCUT2D eigenvalue weighted by Gasteiger charge is -2.19. The van der Waals surface area contributed by atoms with Crippen molar-refractivity contribution in [3.8, 4) is 5.75 Å². The van der Waals surface area contributed by atoms with Crippen molar-refractivity contribution in [3.05, 3.63) is 66.2 Å². The van der Waals surface area contributed by atoms with E-state index in [0.29, 0.717) is 0 Å². The topological polar surface area (TPSA) is 64.6 Å². The highest BCUT2D eigenvalue weighted by Gasteiger charge is 2.19. The summed E-state index contributed by atoms with van der Waals surface area (Å²) in [5, 5.41) is 2.90. The van der Waals surface area contributed by atoms with Crippen LogP contribution in [0.3, 0.4) is 0 Å². The van der Waals surface area contributed by atoms with Gasteiger partial charge in [-0.15, -0.1) is 0 Å². The van der Waals surface area contributed by atoms with Crippen LogP contribution in [0.5, 0.6) is 5.75 Å². The second-order valence-corrected chi connectivity index (χ2v) is 6.19. The molecule has 138 valence electrons. The average molecular weight is 355 g/mol. The van der Waals surface area contributed by atoms with Gasteiger partial charge in [-0.3, -0.25) is 9.59 Å². The van der Waals surface area contributed by atoms with E-state index in [1.54, 1.807) is 13.8 Å². The Hall–Kier alpha value is -2.82. The highest BCUT2D eigenvalue weighted by molar-refractivity contribution is 5.78. The summed E-state index contributed by atoms with van der Waals surface area (Å²) in [4.78, 5) is 24.3. The molecule has 0 heterocycles. The van der Waals surface area contributed by atoms with Crippen LogP contribution < -0.4 is 10.1 Å². The van der Waals surface area contributed by atoms with Crippen LogP contribution in [-0.2, 0) is 14.3 Å². The number of benzene rings is 2. The van der Waals surface area contributed by atoms with Crippen LogP contribution in [0.15, 0.2) is 60.7 Å². The lowest BCUT2D eigenvalue weighted by Crippen LogP contribution is -2.31. The number of hydrogen-bond donors (Lipinski definition) is 1. The summed E-state index contributed by atoms with van der Waals surface area (Å²) in [6, 6.07) is 18.3. The van der Waals surface area contributed by atoms with E-state index in [9.17, 15) is 9.59 Å². The van der Waals surface area contributed by atoms with E-state index in [-0.39, 0.29) is 37.4 Å². The van der Waals surface area contributed by atoms with E-state index in [4.69, 9.17) is 9.47 Å². The largest absolute Gasteiger partial charge is 0.493 e. The number of carbonyl (C=O) groups is 2. The Morgan fingerprint density at radius 1 is 0.962 bits per heavy atom. The molecule has 1 unspecified atom stereocenters. The Morgan fingerprint density at radius 2 is 1.58 bits per heavy atom. The number of ether oxygens (including phenoxy) is 2. The fourth-order valence-electron chi connectivity index (χ4n) is 2.46. The van der Waals surface area contributed by atoms with Crippen LogP contribution in [0.2, 0.25) is 0 Å². The zero-order chi connectivity index (χ0) is 18.8. The zero-order valence-electron chi connectivity index (χ0n) is 15.2. The molecule has 0 bridgehead atoms. The fraction of sp³-hybridized carbons (Fsp3) is 0.333. The van der Waals surface area contributed by atoms with Crippen LogP contribution in [-0.4, -0.2) is 24.6 Å². The summed E-state index contributed by atoms with van der Waals surface area (Å²) < 4.78 is 10.8. The molecule has 1 N–H and O–H groups in total. The van der Waals surface area contributed by atoms with Crippen LogP contribution >= 0.6 is 0 Å². The van der Waals surface area contributed by atoms with Gasteiger partial charge in [0.1, 0.15) is 5.75 Å². The SMILES string of the molecule is CC(C)OC(=O)CC(NC(=O)CCOc1ccccc1)c1ccccc1. The van der Waals surface area contributed by atoms with Gasteiger partial charge in [-0.1, -0.05) is 48.5 Å². The smallest absolute Gasteiger partial charge is 0.308 e. The summed E-state index contributed by atoms with van der Waals surface area (Å²) in [7, 11) is 0. The third kappa shape index (κ3) is 6.97. The monoisotopic (exact) mass is 355 g/mol. The minimum absolute atomic E-state index is 0.0907. The van der Waals surface area contributed by atoms with Crippen LogP contribution in [0.1, 0.15) is 38.3 Å². The molecule has 0 aliphatic rings. The second kappa shape index (κ2) is 10.2. The molecule has 0 saturated heterocycles. The van der Waals surface area contributed by atoms with Gasteiger partial charge in [-0.2, -0.15) is 0 Å². The number of para-hydroxylation sites is 1. The van der Waals surface area contributed by atoms with Crippen molar-refractivity contribution >= 4 is 11.9 Å². The Kier molecular flexibility index (Phi) is 7.68. The van der Waals surface area contributed by atoms with Crippen molar-refractivity contribution in [3.63, 3.8) is 0 Å². The third-order valence-corrected chi connectivity index (χ3v) is 3.62. The molecule has 5 nitrogen and oxygen atoms in total. The van der Waals surface area contributed by atoms with Gasteiger partial charge in [0.25, 0.3) is 0 Å².